The number of amides is 1. The number of nitrogens with zero attached hydrogens (tertiary/aromatic N) is 2. The first-order valence-corrected chi connectivity index (χ1v) is 9.56. The SMILES string of the molecule is CC(=O)N1CCN/C(=C(\C(=N)c2ccc(F)cc2)c2ccnc(C3CC3)c2)C1. The van der Waals surface area contributed by atoms with Crippen LogP contribution in [0, 0.1) is 11.2 Å². The summed E-state index contributed by atoms with van der Waals surface area (Å²) in [5.41, 5.74) is 4.46. The monoisotopic (exact) mass is 378 g/mol. The van der Waals surface area contributed by atoms with Gasteiger partial charge in [0.2, 0.25) is 5.91 Å². The fourth-order valence-electron chi connectivity index (χ4n) is 3.54. The van der Waals surface area contributed by atoms with Crippen molar-refractivity contribution in [1.82, 2.24) is 15.2 Å². The molecule has 1 aliphatic carbocycles. The van der Waals surface area contributed by atoms with Crippen LogP contribution < -0.4 is 5.32 Å². The van der Waals surface area contributed by atoms with E-state index in [1.165, 1.54) is 12.1 Å². The second kappa shape index (κ2) is 7.54. The lowest BCUT2D eigenvalue weighted by Gasteiger charge is -2.31. The van der Waals surface area contributed by atoms with E-state index in [4.69, 9.17) is 5.41 Å². The van der Waals surface area contributed by atoms with Crippen LogP contribution in [0.5, 0.6) is 0 Å². The number of pyridine rings is 1. The van der Waals surface area contributed by atoms with E-state index in [1.54, 1.807) is 30.2 Å². The maximum absolute atomic E-state index is 13.4. The number of nitrogens with one attached hydrogen (secondary N) is 2. The van der Waals surface area contributed by atoms with Gasteiger partial charge in [0.1, 0.15) is 5.82 Å². The van der Waals surface area contributed by atoms with E-state index in [0.717, 1.165) is 35.4 Å². The zero-order valence-electron chi connectivity index (χ0n) is 15.8. The van der Waals surface area contributed by atoms with Crippen LogP contribution in [0.15, 0.2) is 48.3 Å². The Morgan fingerprint density at radius 3 is 2.64 bits per heavy atom. The molecule has 6 heteroatoms. The van der Waals surface area contributed by atoms with Crippen LogP contribution >= 0.6 is 0 Å². The number of halogens is 1. The van der Waals surface area contributed by atoms with Crippen molar-refractivity contribution >= 4 is 17.2 Å². The van der Waals surface area contributed by atoms with Gasteiger partial charge >= 0.3 is 0 Å². The number of hydrogen-bond donors (Lipinski definition) is 2. The molecule has 0 unspecified atom stereocenters. The van der Waals surface area contributed by atoms with Gasteiger partial charge in [-0.15, -0.1) is 0 Å². The second-order valence-corrected chi connectivity index (χ2v) is 7.35. The summed E-state index contributed by atoms with van der Waals surface area (Å²) in [5.74, 6) is 0.184. The zero-order valence-corrected chi connectivity index (χ0v) is 15.8. The molecule has 1 aromatic carbocycles. The molecule has 28 heavy (non-hydrogen) atoms. The van der Waals surface area contributed by atoms with E-state index in [1.807, 2.05) is 12.1 Å². The number of hydrogen-bond acceptors (Lipinski definition) is 4. The molecule has 2 N–H and O–H groups in total. The quantitative estimate of drug-likeness (QED) is 0.802. The fourth-order valence-corrected chi connectivity index (χ4v) is 3.54. The van der Waals surface area contributed by atoms with E-state index in [9.17, 15) is 9.18 Å². The molecule has 1 saturated carbocycles. The number of allylic oxidation sites excluding steroid dienone is 1. The molecule has 4 rings (SSSR count). The third kappa shape index (κ3) is 3.81. The largest absolute Gasteiger partial charge is 0.385 e. The lowest BCUT2D eigenvalue weighted by atomic mass is 9.93. The van der Waals surface area contributed by atoms with E-state index in [-0.39, 0.29) is 11.7 Å². The molecule has 1 aliphatic heterocycles. The molecule has 0 atom stereocenters. The second-order valence-electron chi connectivity index (χ2n) is 7.35. The molecule has 0 bridgehead atoms. The highest BCUT2D eigenvalue weighted by molar-refractivity contribution is 6.31. The number of aromatic nitrogens is 1. The van der Waals surface area contributed by atoms with Gasteiger partial charge in [0.25, 0.3) is 0 Å². The number of carbonyl (C=O) groups is 1. The lowest BCUT2D eigenvalue weighted by molar-refractivity contribution is -0.128. The van der Waals surface area contributed by atoms with Gasteiger partial charge in [-0.25, -0.2) is 4.39 Å². The van der Waals surface area contributed by atoms with Gasteiger partial charge in [0.05, 0.1) is 12.3 Å². The first kappa shape index (κ1) is 18.3. The van der Waals surface area contributed by atoms with Gasteiger partial charge in [-0.3, -0.25) is 15.2 Å². The van der Waals surface area contributed by atoms with Crippen molar-refractivity contribution in [3.63, 3.8) is 0 Å². The standard InChI is InChI=1S/C22H23FN4O/c1-14(28)27-11-10-26-20(13-27)21(22(24)16-4-6-18(23)7-5-16)17-8-9-25-19(12-17)15-2-3-15/h4-9,12,15,24,26H,2-3,10-11,13H2,1H3/b21-20-,24-22?. The minimum atomic E-state index is -0.329. The minimum absolute atomic E-state index is 0.0139. The predicted molar refractivity (Wildman–Crippen MR) is 107 cm³/mol. The van der Waals surface area contributed by atoms with Crippen molar-refractivity contribution < 1.29 is 9.18 Å². The summed E-state index contributed by atoms with van der Waals surface area (Å²) in [7, 11) is 0. The summed E-state index contributed by atoms with van der Waals surface area (Å²) in [6, 6.07) is 9.92. The Bertz CT molecular complexity index is 947. The Hall–Kier alpha value is -3.02. The van der Waals surface area contributed by atoms with Crippen LogP contribution in [0.25, 0.3) is 5.57 Å². The lowest BCUT2D eigenvalue weighted by Crippen LogP contribution is -2.45. The maximum Gasteiger partial charge on any atom is 0.219 e. The van der Waals surface area contributed by atoms with Gasteiger partial charge in [-0.05, 0) is 54.8 Å². The van der Waals surface area contributed by atoms with Crippen molar-refractivity contribution in [2.75, 3.05) is 19.6 Å². The zero-order chi connectivity index (χ0) is 19.7. The third-order valence-corrected chi connectivity index (χ3v) is 5.26. The van der Waals surface area contributed by atoms with Gasteiger partial charge in [0.15, 0.2) is 0 Å². The van der Waals surface area contributed by atoms with Crippen LogP contribution in [0.1, 0.15) is 42.5 Å². The summed E-state index contributed by atoms with van der Waals surface area (Å²) in [4.78, 5) is 18.2. The number of rotatable bonds is 4. The summed E-state index contributed by atoms with van der Waals surface area (Å²) in [6.45, 7) is 3.26. The molecule has 1 aromatic heterocycles. The maximum atomic E-state index is 13.4. The van der Waals surface area contributed by atoms with Gasteiger partial charge in [-0.2, -0.15) is 0 Å². The molecule has 2 fully saturated rings. The Labute approximate surface area is 163 Å². The molecular formula is C22H23FN4O. The topological polar surface area (TPSA) is 69.1 Å². The number of piperazine rings is 1. The molecule has 2 aliphatic rings. The Morgan fingerprint density at radius 1 is 1.21 bits per heavy atom. The first-order valence-electron chi connectivity index (χ1n) is 9.56. The highest BCUT2D eigenvalue weighted by Gasteiger charge is 2.27. The summed E-state index contributed by atoms with van der Waals surface area (Å²) < 4.78 is 13.4. The Morgan fingerprint density at radius 2 is 1.96 bits per heavy atom. The van der Waals surface area contributed by atoms with Crippen molar-refractivity contribution in [2.24, 2.45) is 0 Å². The average Bonchev–Trinajstić information content (AvgIpc) is 3.54. The van der Waals surface area contributed by atoms with Crippen LogP contribution in [0.3, 0.4) is 0 Å². The van der Waals surface area contributed by atoms with Crippen molar-refractivity contribution in [1.29, 1.82) is 5.41 Å². The molecule has 1 saturated heterocycles. The van der Waals surface area contributed by atoms with Crippen LogP contribution in [-0.2, 0) is 4.79 Å². The highest BCUT2D eigenvalue weighted by atomic mass is 19.1. The third-order valence-electron chi connectivity index (χ3n) is 5.26. The molecule has 5 nitrogen and oxygen atoms in total. The van der Waals surface area contributed by atoms with Gasteiger partial charge < -0.3 is 10.2 Å². The summed E-state index contributed by atoms with van der Waals surface area (Å²) >= 11 is 0. The minimum Gasteiger partial charge on any atom is -0.385 e. The molecule has 0 spiro atoms. The summed E-state index contributed by atoms with van der Waals surface area (Å²) in [6.07, 6.45) is 4.08. The number of carbonyl (C=O) groups excluding carboxylic acids is 1. The summed E-state index contributed by atoms with van der Waals surface area (Å²) in [5, 5.41) is 12.2. The Kier molecular flexibility index (Phi) is 4.94. The van der Waals surface area contributed by atoms with Crippen molar-refractivity contribution in [3.8, 4) is 0 Å². The van der Waals surface area contributed by atoms with Gasteiger partial charge in [-0.1, -0.05) is 0 Å². The van der Waals surface area contributed by atoms with Crippen molar-refractivity contribution in [3.05, 3.63) is 70.9 Å². The highest BCUT2D eigenvalue weighted by Crippen LogP contribution is 2.39. The van der Waals surface area contributed by atoms with Crippen LogP contribution in [0.4, 0.5) is 4.39 Å². The predicted octanol–water partition coefficient (Wildman–Crippen LogP) is 3.33. The van der Waals surface area contributed by atoms with E-state index < -0.39 is 0 Å². The normalized spacial score (nSPS) is 18.4. The van der Waals surface area contributed by atoms with E-state index in [2.05, 4.69) is 10.3 Å². The molecule has 2 heterocycles. The van der Waals surface area contributed by atoms with Crippen LogP contribution in [-0.4, -0.2) is 41.1 Å². The first-order chi connectivity index (χ1) is 13.5. The van der Waals surface area contributed by atoms with E-state index in [0.29, 0.717) is 36.8 Å². The van der Waals surface area contributed by atoms with Gasteiger partial charge in [0, 0.05) is 54.7 Å². The van der Waals surface area contributed by atoms with Crippen LogP contribution in [0.2, 0.25) is 0 Å². The molecule has 0 radical (unpaired) electrons. The van der Waals surface area contributed by atoms with Crippen molar-refractivity contribution in [2.45, 2.75) is 25.7 Å². The molecule has 2 aromatic rings. The number of benzene rings is 1. The van der Waals surface area contributed by atoms with E-state index >= 15 is 0 Å². The smallest absolute Gasteiger partial charge is 0.219 e. The average molecular weight is 378 g/mol. The molecular weight excluding hydrogens is 355 g/mol. The molecule has 144 valence electrons. The molecule has 1 amide bonds. The fraction of sp³-hybridized carbons (Fsp3) is 0.318. The Balaban J connectivity index is 1.79.